The zero-order valence-corrected chi connectivity index (χ0v) is 11.9. The lowest BCUT2D eigenvalue weighted by Crippen LogP contribution is -2.48. The van der Waals surface area contributed by atoms with E-state index in [1.807, 2.05) is 6.92 Å². The van der Waals surface area contributed by atoms with E-state index in [0.717, 1.165) is 12.8 Å². The molecule has 1 aliphatic rings. The summed E-state index contributed by atoms with van der Waals surface area (Å²) in [4.78, 5) is 30.1. The lowest BCUT2D eigenvalue weighted by atomic mass is 9.93. The molecule has 2 rings (SSSR count). The summed E-state index contributed by atoms with van der Waals surface area (Å²) >= 11 is 1.19. The molecule has 2 heterocycles. The molecular formula is C12H18N4O2S. The average molecular weight is 282 g/mol. The van der Waals surface area contributed by atoms with Crippen LogP contribution in [0.3, 0.4) is 0 Å². The minimum Gasteiger partial charge on any atom is -0.375 e. The quantitative estimate of drug-likeness (QED) is 0.835. The lowest BCUT2D eigenvalue weighted by Gasteiger charge is -2.36. The number of anilines is 1. The molecule has 2 amide bonds. The largest absolute Gasteiger partial charge is 0.375 e. The summed E-state index contributed by atoms with van der Waals surface area (Å²) in [7, 11) is 0. The van der Waals surface area contributed by atoms with E-state index in [1.165, 1.54) is 11.3 Å². The number of aryl methyl sites for hydroxylation is 1. The summed E-state index contributed by atoms with van der Waals surface area (Å²) in [5.74, 6) is -0.707. The predicted octanol–water partition coefficient (Wildman–Crippen LogP) is 0.760. The number of amides is 2. The minimum absolute atomic E-state index is 0.103. The fourth-order valence-electron chi connectivity index (χ4n) is 2.37. The van der Waals surface area contributed by atoms with E-state index in [1.54, 1.807) is 11.8 Å². The van der Waals surface area contributed by atoms with E-state index < -0.39 is 0 Å². The second-order valence-corrected chi connectivity index (χ2v) is 5.98. The van der Waals surface area contributed by atoms with Crippen molar-refractivity contribution in [2.45, 2.75) is 32.7 Å². The van der Waals surface area contributed by atoms with Gasteiger partial charge in [-0.1, -0.05) is 11.3 Å². The van der Waals surface area contributed by atoms with E-state index in [2.05, 4.69) is 4.98 Å². The van der Waals surface area contributed by atoms with E-state index in [0.29, 0.717) is 22.2 Å². The number of carbonyl (C=O) groups excluding carboxylic acids is 2. The number of hydrogen-bond acceptors (Lipinski definition) is 5. The predicted molar refractivity (Wildman–Crippen MR) is 73.7 cm³/mol. The van der Waals surface area contributed by atoms with Crippen molar-refractivity contribution in [1.29, 1.82) is 0 Å². The number of rotatable bonds is 2. The smallest absolute Gasteiger partial charge is 0.266 e. The Bertz CT molecular complexity index is 514. The van der Waals surface area contributed by atoms with Crippen LogP contribution >= 0.6 is 11.3 Å². The molecule has 0 aromatic carbocycles. The van der Waals surface area contributed by atoms with Gasteiger partial charge in [-0.3, -0.25) is 9.59 Å². The first-order chi connectivity index (χ1) is 8.90. The second kappa shape index (κ2) is 5.16. The van der Waals surface area contributed by atoms with Crippen molar-refractivity contribution in [2.24, 2.45) is 11.7 Å². The maximum Gasteiger partial charge on any atom is 0.266 e. The van der Waals surface area contributed by atoms with Gasteiger partial charge in [0.25, 0.3) is 5.91 Å². The van der Waals surface area contributed by atoms with Gasteiger partial charge in [-0.15, -0.1) is 0 Å². The van der Waals surface area contributed by atoms with Crippen molar-refractivity contribution in [1.82, 2.24) is 9.88 Å². The molecule has 0 bridgehead atoms. The molecule has 1 aromatic heterocycles. The molecule has 2 unspecified atom stereocenters. The van der Waals surface area contributed by atoms with E-state index in [4.69, 9.17) is 11.5 Å². The number of thiazole rings is 1. The van der Waals surface area contributed by atoms with Crippen LogP contribution in [0.25, 0.3) is 0 Å². The van der Waals surface area contributed by atoms with Crippen molar-refractivity contribution in [2.75, 3.05) is 12.3 Å². The number of carbonyl (C=O) groups is 2. The van der Waals surface area contributed by atoms with Crippen molar-refractivity contribution in [3.8, 4) is 0 Å². The number of nitrogens with two attached hydrogens (primary N) is 2. The van der Waals surface area contributed by atoms with Crippen LogP contribution < -0.4 is 11.5 Å². The highest BCUT2D eigenvalue weighted by Crippen LogP contribution is 2.27. The summed E-state index contributed by atoms with van der Waals surface area (Å²) in [6.45, 7) is 4.13. The molecule has 7 heteroatoms. The standard InChI is InChI=1S/C12H18N4O2S/c1-6-3-4-8(10(13)17)5-16(6)11(18)9-7(2)15-12(14)19-9/h6,8H,3-5H2,1-2H3,(H2,13,17)(H2,14,15). The highest BCUT2D eigenvalue weighted by Gasteiger charge is 2.33. The Morgan fingerprint density at radius 2 is 2.11 bits per heavy atom. The molecule has 1 aromatic rings. The minimum atomic E-state index is -0.342. The number of likely N-dealkylation sites (tertiary alicyclic amines) is 1. The SMILES string of the molecule is Cc1nc(N)sc1C(=O)N1CC(C(N)=O)CCC1C. The van der Waals surface area contributed by atoms with Crippen LogP contribution in [-0.2, 0) is 4.79 Å². The van der Waals surface area contributed by atoms with Crippen LogP contribution in [0, 0.1) is 12.8 Å². The number of hydrogen-bond donors (Lipinski definition) is 2. The number of piperidine rings is 1. The third-order valence-corrected chi connectivity index (χ3v) is 4.53. The maximum absolute atomic E-state index is 12.5. The Labute approximate surface area is 115 Å². The third-order valence-electron chi connectivity index (χ3n) is 3.55. The molecule has 1 fully saturated rings. The molecule has 104 valence electrons. The lowest BCUT2D eigenvalue weighted by molar-refractivity contribution is -0.123. The molecular weight excluding hydrogens is 264 g/mol. The number of primary amides is 1. The van der Waals surface area contributed by atoms with Crippen molar-refractivity contribution in [3.63, 3.8) is 0 Å². The highest BCUT2D eigenvalue weighted by molar-refractivity contribution is 7.17. The van der Waals surface area contributed by atoms with Crippen LogP contribution in [0.4, 0.5) is 5.13 Å². The highest BCUT2D eigenvalue weighted by atomic mass is 32.1. The van der Waals surface area contributed by atoms with Crippen LogP contribution in [0.2, 0.25) is 0 Å². The van der Waals surface area contributed by atoms with Gasteiger partial charge in [0, 0.05) is 12.6 Å². The van der Waals surface area contributed by atoms with Gasteiger partial charge in [-0.25, -0.2) is 4.98 Å². The van der Waals surface area contributed by atoms with Crippen molar-refractivity contribution >= 4 is 28.3 Å². The normalized spacial score (nSPS) is 23.4. The summed E-state index contributed by atoms with van der Waals surface area (Å²) < 4.78 is 0. The first-order valence-corrected chi connectivity index (χ1v) is 7.05. The molecule has 0 radical (unpaired) electrons. The fraction of sp³-hybridized carbons (Fsp3) is 0.583. The molecule has 6 nitrogen and oxygen atoms in total. The summed E-state index contributed by atoms with van der Waals surface area (Å²) in [5, 5.41) is 0.386. The molecule has 1 aliphatic heterocycles. The maximum atomic E-state index is 12.5. The first-order valence-electron chi connectivity index (χ1n) is 6.23. The van der Waals surface area contributed by atoms with Crippen LogP contribution in [0.1, 0.15) is 35.1 Å². The Morgan fingerprint density at radius 3 is 2.63 bits per heavy atom. The van der Waals surface area contributed by atoms with Gasteiger partial charge in [0.2, 0.25) is 5.91 Å². The second-order valence-electron chi connectivity index (χ2n) is 4.95. The fourth-order valence-corrected chi connectivity index (χ4v) is 3.16. The Kier molecular flexibility index (Phi) is 3.75. The first kappa shape index (κ1) is 13.8. The zero-order valence-electron chi connectivity index (χ0n) is 11.0. The Hall–Kier alpha value is -1.63. The van der Waals surface area contributed by atoms with Gasteiger partial charge < -0.3 is 16.4 Å². The molecule has 2 atom stereocenters. The van der Waals surface area contributed by atoms with Crippen LogP contribution in [0.5, 0.6) is 0 Å². The summed E-state index contributed by atoms with van der Waals surface area (Å²) in [6.07, 6.45) is 1.52. The molecule has 19 heavy (non-hydrogen) atoms. The Morgan fingerprint density at radius 1 is 1.42 bits per heavy atom. The van der Waals surface area contributed by atoms with Gasteiger partial charge in [0.05, 0.1) is 11.6 Å². The molecule has 0 aliphatic carbocycles. The van der Waals surface area contributed by atoms with Crippen LogP contribution in [-0.4, -0.2) is 34.3 Å². The average Bonchev–Trinajstić information content (AvgIpc) is 2.68. The molecule has 0 saturated carbocycles. The van der Waals surface area contributed by atoms with Gasteiger partial charge in [0.1, 0.15) is 4.88 Å². The summed E-state index contributed by atoms with van der Waals surface area (Å²) in [5.41, 5.74) is 11.6. The van der Waals surface area contributed by atoms with E-state index >= 15 is 0 Å². The zero-order chi connectivity index (χ0) is 14.2. The Balaban J connectivity index is 2.21. The van der Waals surface area contributed by atoms with Gasteiger partial charge in [-0.05, 0) is 26.7 Å². The van der Waals surface area contributed by atoms with Gasteiger partial charge >= 0.3 is 0 Å². The van der Waals surface area contributed by atoms with E-state index in [-0.39, 0.29) is 23.8 Å². The topological polar surface area (TPSA) is 102 Å². The number of nitrogens with zero attached hydrogens (tertiary/aromatic N) is 2. The number of aromatic nitrogens is 1. The van der Waals surface area contributed by atoms with E-state index in [9.17, 15) is 9.59 Å². The summed E-state index contributed by atoms with van der Waals surface area (Å²) in [6, 6.07) is 0.103. The van der Waals surface area contributed by atoms with Crippen molar-refractivity contribution in [3.05, 3.63) is 10.6 Å². The monoisotopic (exact) mass is 282 g/mol. The van der Waals surface area contributed by atoms with Gasteiger partial charge in [0.15, 0.2) is 5.13 Å². The molecule has 0 spiro atoms. The third kappa shape index (κ3) is 2.70. The number of nitrogen functional groups attached to an aromatic ring is 1. The molecule has 4 N–H and O–H groups in total. The van der Waals surface area contributed by atoms with Gasteiger partial charge in [-0.2, -0.15) is 0 Å². The van der Waals surface area contributed by atoms with Crippen molar-refractivity contribution < 1.29 is 9.59 Å². The molecule has 1 saturated heterocycles. The van der Waals surface area contributed by atoms with Crippen LogP contribution in [0.15, 0.2) is 0 Å².